The van der Waals surface area contributed by atoms with Gasteiger partial charge in [0.05, 0.1) is 27.2 Å². The molecule has 0 fully saturated rings. The quantitative estimate of drug-likeness (QED) is 0.737. The zero-order chi connectivity index (χ0) is 15.6. The normalized spacial score (nSPS) is 11.4. The molecular weight excluding hydrogens is 337 g/mol. The smallest absolute Gasteiger partial charge is 0.294 e. The Morgan fingerprint density at radius 2 is 1.71 bits per heavy atom. The molecule has 8 heteroatoms. The Morgan fingerprint density at radius 3 is 2.24 bits per heavy atom. The predicted molar refractivity (Wildman–Crippen MR) is 81.9 cm³/mol. The van der Waals surface area contributed by atoms with E-state index in [-0.39, 0.29) is 10.5 Å². The Kier molecular flexibility index (Phi) is 4.75. The van der Waals surface area contributed by atoms with Crippen LogP contribution in [0.5, 0.6) is 0 Å². The zero-order valence-corrected chi connectivity index (χ0v) is 12.9. The minimum absolute atomic E-state index is 0.279. The number of nitrogens with one attached hydrogen (secondary N) is 1. The van der Waals surface area contributed by atoms with Crippen LogP contribution in [-0.2, 0) is 16.7 Å². The van der Waals surface area contributed by atoms with Crippen LogP contribution in [0.1, 0.15) is 5.56 Å². The summed E-state index contributed by atoms with van der Waals surface area (Å²) in [5, 5.41) is 13.0. The third-order valence-electron chi connectivity index (χ3n) is 2.77. The summed E-state index contributed by atoms with van der Waals surface area (Å²) in [6, 6.07) is 8.75. The van der Waals surface area contributed by atoms with Crippen LogP contribution in [0.2, 0.25) is 10.0 Å². The highest BCUT2D eigenvalue weighted by Crippen LogP contribution is 2.34. The Labute approximate surface area is 131 Å². The van der Waals surface area contributed by atoms with Gasteiger partial charge in [0.25, 0.3) is 10.1 Å². The van der Waals surface area contributed by atoms with Crippen LogP contribution in [0.4, 0.5) is 11.4 Å². The largest absolute Gasteiger partial charge is 0.392 e. The Morgan fingerprint density at radius 1 is 1.10 bits per heavy atom. The van der Waals surface area contributed by atoms with Gasteiger partial charge in [-0.2, -0.15) is 8.42 Å². The van der Waals surface area contributed by atoms with E-state index in [1.807, 2.05) is 0 Å². The van der Waals surface area contributed by atoms with Gasteiger partial charge < -0.3 is 10.4 Å². The number of anilines is 2. The summed E-state index contributed by atoms with van der Waals surface area (Å²) in [7, 11) is -4.33. The van der Waals surface area contributed by atoms with Gasteiger partial charge in [0.1, 0.15) is 0 Å². The van der Waals surface area contributed by atoms with Crippen molar-refractivity contribution >= 4 is 44.7 Å². The van der Waals surface area contributed by atoms with Crippen molar-refractivity contribution in [1.82, 2.24) is 0 Å². The van der Waals surface area contributed by atoms with E-state index in [0.717, 1.165) is 0 Å². The Balaban J connectivity index is 2.46. The number of aliphatic hydroxyl groups excluding tert-OH is 1. The molecule has 2 aromatic rings. The second-order valence-corrected chi connectivity index (χ2v) is 6.41. The summed E-state index contributed by atoms with van der Waals surface area (Å²) in [5.41, 5.74) is 1.15. The molecule has 3 N–H and O–H groups in total. The molecule has 0 aliphatic rings. The molecule has 0 saturated heterocycles. The summed E-state index contributed by atoms with van der Waals surface area (Å²) in [6.45, 7) is -0.423. The molecule has 0 bridgehead atoms. The lowest BCUT2D eigenvalue weighted by Crippen LogP contribution is -2.02. The molecule has 2 rings (SSSR count). The standard InChI is InChI=1S/C13H11Cl2NO4S/c14-10-2-1-3-11(15)13(10)16-12-5-4-9(21(18,19)20)6-8(12)7-17/h1-6,16-17H,7H2,(H,18,19,20). The summed E-state index contributed by atoms with van der Waals surface area (Å²) in [6.07, 6.45) is 0. The molecule has 0 amide bonds. The van der Waals surface area contributed by atoms with E-state index in [2.05, 4.69) is 5.32 Å². The molecular formula is C13H11Cl2NO4S. The third-order valence-corrected chi connectivity index (χ3v) is 4.25. The minimum atomic E-state index is -4.33. The highest BCUT2D eigenvalue weighted by atomic mass is 35.5. The van der Waals surface area contributed by atoms with Crippen molar-refractivity contribution in [2.75, 3.05) is 5.32 Å². The monoisotopic (exact) mass is 347 g/mol. The molecule has 0 unspecified atom stereocenters. The van der Waals surface area contributed by atoms with Gasteiger partial charge in [-0.25, -0.2) is 0 Å². The third kappa shape index (κ3) is 3.66. The molecule has 0 heterocycles. The van der Waals surface area contributed by atoms with Crippen molar-refractivity contribution in [3.63, 3.8) is 0 Å². The first-order chi connectivity index (χ1) is 9.82. The van der Waals surface area contributed by atoms with Gasteiger partial charge in [-0.05, 0) is 30.3 Å². The van der Waals surface area contributed by atoms with Gasteiger partial charge in [-0.3, -0.25) is 4.55 Å². The van der Waals surface area contributed by atoms with Gasteiger partial charge in [-0.15, -0.1) is 0 Å². The summed E-state index contributed by atoms with van der Waals surface area (Å²) in [4.78, 5) is -0.303. The first kappa shape index (κ1) is 16.1. The number of benzene rings is 2. The van der Waals surface area contributed by atoms with Gasteiger partial charge in [0, 0.05) is 11.3 Å². The maximum atomic E-state index is 11.1. The molecule has 0 radical (unpaired) electrons. The molecule has 2 aromatic carbocycles. The predicted octanol–water partition coefficient (Wildman–Crippen LogP) is 3.48. The van der Waals surface area contributed by atoms with Crippen molar-refractivity contribution < 1.29 is 18.1 Å². The van der Waals surface area contributed by atoms with Crippen LogP contribution in [-0.4, -0.2) is 18.1 Å². The van der Waals surface area contributed by atoms with E-state index in [9.17, 15) is 13.5 Å². The van der Waals surface area contributed by atoms with Crippen molar-refractivity contribution in [2.24, 2.45) is 0 Å². The van der Waals surface area contributed by atoms with Crippen LogP contribution in [0.15, 0.2) is 41.3 Å². The molecule has 0 aliphatic carbocycles. The Bertz CT molecular complexity index is 757. The van der Waals surface area contributed by atoms with E-state index in [1.165, 1.54) is 18.2 Å². The maximum absolute atomic E-state index is 11.1. The van der Waals surface area contributed by atoms with Crippen molar-refractivity contribution in [3.05, 3.63) is 52.0 Å². The zero-order valence-electron chi connectivity index (χ0n) is 10.5. The fourth-order valence-corrected chi connectivity index (χ4v) is 2.76. The van der Waals surface area contributed by atoms with Crippen molar-refractivity contribution in [1.29, 1.82) is 0 Å². The minimum Gasteiger partial charge on any atom is -0.392 e. The van der Waals surface area contributed by atoms with Crippen molar-refractivity contribution in [3.8, 4) is 0 Å². The van der Waals surface area contributed by atoms with Crippen molar-refractivity contribution in [2.45, 2.75) is 11.5 Å². The topological polar surface area (TPSA) is 86.6 Å². The van der Waals surface area contributed by atoms with Gasteiger partial charge in [0.2, 0.25) is 0 Å². The molecule has 5 nitrogen and oxygen atoms in total. The molecule has 0 aromatic heterocycles. The highest BCUT2D eigenvalue weighted by Gasteiger charge is 2.14. The molecule has 0 saturated carbocycles. The first-order valence-corrected chi connectivity index (χ1v) is 7.95. The summed E-state index contributed by atoms with van der Waals surface area (Å²) in [5.74, 6) is 0. The first-order valence-electron chi connectivity index (χ1n) is 5.75. The fourth-order valence-electron chi connectivity index (χ4n) is 1.74. The lowest BCUT2D eigenvalue weighted by Gasteiger charge is -2.14. The van der Waals surface area contributed by atoms with Crippen LogP contribution >= 0.6 is 23.2 Å². The van der Waals surface area contributed by atoms with Gasteiger partial charge in [-0.1, -0.05) is 29.3 Å². The lowest BCUT2D eigenvalue weighted by molar-refractivity contribution is 0.282. The average molecular weight is 348 g/mol. The van der Waals surface area contributed by atoms with Crippen LogP contribution in [0.25, 0.3) is 0 Å². The van der Waals surface area contributed by atoms with E-state index in [1.54, 1.807) is 18.2 Å². The number of halogens is 2. The average Bonchev–Trinajstić information content (AvgIpc) is 2.42. The number of aliphatic hydroxyl groups is 1. The molecule has 0 atom stereocenters. The molecule has 0 spiro atoms. The van der Waals surface area contributed by atoms with Crippen LogP contribution in [0.3, 0.4) is 0 Å². The summed E-state index contributed by atoms with van der Waals surface area (Å²) < 4.78 is 31.2. The number of hydrogen-bond acceptors (Lipinski definition) is 4. The van der Waals surface area contributed by atoms with Gasteiger partial charge >= 0.3 is 0 Å². The highest BCUT2D eigenvalue weighted by molar-refractivity contribution is 7.85. The van der Waals surface area contributed by atoms with E-state index >= 15 is 0 Å². The Hall–Kier alpha value is -1.31. The van der Waals surface area contributed by atoms with E-state index in [0.29, 0.717) is 21.4 Å². The second kappa shape index (κ2) is 6.21. The number of hydrogen-bond donors (Lipinski definition) is 3. The molecule has 21 heavy (non-hydrogen) atoms. The summed E-state index contributed by atoms with van der Waals surface area (Å²) >= 11 is 12.1. The molecule has 112 valence electrons. The molecule has 0 aliphatic heterocycles. The lowest BCUT2D eigenvalue weighted by atomic mass is 10.1. The SMILES string of the molecule is O=S(=O)(O)c1ccc(Nc2c(Cl)cccc2Cl)c(CO)c1. The van der Waals surface area contributed by atoms with Crippen LogP contribution < -0.4 is 5.32 Å². The number of para-hydroxylation sites is 1. The second-order valence-electron chi connectivity index (χ2n) is 4.17. The van der Waals surface area contributed by atoms with Gasteiger partial charge in [0.15, 0.2) is 0 Å². The maximum Gasteiger partial charge on any atom is 0.294 e. The number of rotatable bonds is 4. The van der Waals surface area contributed by atoms with E-state index < -0.39 is 16.7 Å². The fraction of sp³-hybridized carbons (Fsp3) is 0.0769. The van der Waals surface area contributed by atoms with E-state index in [4.69, 9.17) is 27.8 Å². The van der Waals surface area contributed by atoms with Crippen LogP contribution in [0, 0.1) is 0 Å².